The van der Waals surface area contributed by atoms with Crippen molar-refractivity contribution < 1.29 is 27.8 Å². The number of H-pyrrole nitrogens is 2. The van der Waals surface area contributed by atoms with Gasteiger partial charge in [-0.2, -0.15) is 8.78 Å². The average molecular weight is 775 g/mol. The molecule has 2 bridgehead atoms. The standard InChI is InChI=1S/C45H48F2N6O4/c1-42(2,3)56-40(54)52-23-44(15-16-44)21-36(52)38-48-22-35(51-38)26-9-13-30-29-12-8-24(18-31(29)45(46,47)32(30)19-26)25-10-14-33-34(20-25)50-39(49-33)37-27-7-11-28(17-27)53(37)41(55)57-43(4,5)6/h8-10,12-14,18-20,22,27-28,36-37H,7,11,15-17,21,23H2,1-6H3,(H,48,51)(H,49,50)/t27-,28?,36-,37-/m0/s1. The Morgan fingerprint density at radius 2 is 1.46 bits per heavy atom. The number of piperidine rings is 1. The molecule has 1 spiro atoms. The van der Waals surface area contributed by atoms with Gasteiger partial charge in [-0.15, -0.1) is 0 Å². The Morgan fingerprint density at radius 3 is 2.16 bits per heavy atom. The van der Waals surface area contributed by atoms with Crippen molar-refractivity contribution in [2.24, 2.45) is 11.3 Å². The van der Waals surface area contributed by atoms with E-state index in [-0.39, 0.29) is 46.9 Å². The zero-order chi connectivity index (χ0) is 39.8. The molecule has 4 atom stereocenters. The van der Waals surface area contributed by atoms with Gasteiger partial charge in [0.1, 0.15) is 22.9 Å². The van der Waals surface area contributed by atoms with E-state index in [1.54, 1.807) is 35.4 Å². The van der Waals surface area contributed by atoms with Crippen molar-refractivity contribution in [1.82, 2.24) is 29.7 Å². The molecule has 10 nitrogen and oxygen atoms in total. The maximum Gasteiger partial charge on any atom is 0.411 e. The summed E-state index contributed by atoms with van der Waals surface area (Å²) in [5, 5.41) is 0. The van der Waals surface area contributed by atoms with E-state index in [2.05, 4.69) is 15.0 Å². The van der Waals surface area contributed by atoms with Gasteiger partial charge in [0.2, 0.25) is 0 Å². The van der Waals surface area contributed by atoms with E-state index < -0.39 is 17.1 Å². The molecule has 3 aromatic carbocycles. The van der Waals surface area contributed by atoms with Crippen molar-refractivity contribution in [1.29, 1.82) is 0 Å². The quantitative estimate of drug-likeness (QED) is 0.188. The number of ether oxygens (including phenoxy) is 2. The normalized spacial score (nSPS) is 24.0. The molecule has 2 saturated heterocycles. The number of nitrogens with one attached hydrogen (secondary N) is 2. The van der Waals surface area contributed by atoms with E-state index in [0.29, 0.717) is 46.2 Å². The third-order valence-electron chi connectivity index (χ3n) is 12.6. The molecule has 5 aliphatic rings. The molecule has 1 unspecified atom stereocenters. The van der Waals surface area contributed by atoms with Crippen LogP contribution >= 0.6 is 0 Å². The summed E-state index contributed by atoms with van der Waals surface area (Å²) in [6, 6.07) is 15.9. The summed E-state index contributed by atoms with van der Waals surface area (Å²) >= 11 is 0. The number of nitrogens with zero attached hydrogens (tertiary/aromatic N) is 4. The lowest BCUT2D eigenvalue weighted by atomic mass is 9.98. The Morgan fingerprint density at radius 1 is 0.807 bits per heavy atom. The number of hydrogen-bond acceptors (Lipinski definition) is 6. The number of rotatable bonds is 4. The predicted octanol–water partition coefficient (Wildman–Crippen LogP) is 10.7. The first-order valence-electron chi connectivity index (χ1n) is 20.2. The molecule has 2 saturated carbocycles. The third-order valence-corrected chi connectivity index (χ3v) is 12.6. The van der Waals surface area contributed by atoms with E-state index in [4.69, 9.17) is 14.5 Å². The number of likely N-dealkylation sites (tertiary alicyclic amines) is 2. The Kier molecular flexibility index (Phi) is 7.68. The third kappa shape index (κ3) is 6.09. The van der Waals surface area contributed by atoms with E-state index >= 15 is 8.78 Å². The predicted molar refractivity (Wildman–Crippen MR) is 211 cm³/mol. The number of halogens is 2. The number of aromatic amines is 2. The summed E-state index contributed by atoms with van der Waals surface area (Å²) in [7, 11) is 0. The first-order valence-corrected chi connectivity index (χ1v) is 20.2. The van der Waals surface area contributed by atoms with Crippen molar-refractivity contribution in [2.45, 2.75) is 115 Å². The Balaban J connectivity index is 0.910. The number of hydrogen-bond donors (Lipinski definition) is 2. The molecule has 4 heterocycles. The summed E-state index contributed by atoms with van der Waals surface area (Å²) < 4.78 is 44.5. The van der Waals surface area contributed by atoms with Crippen LogP contribution in [-0.2, 0) is 15.4 Å². The van der Waals surface area contributed by atoms with Crippen LogP contribution in [0.1, 0.15) is 115 Å². The lowest BCUT2D eigenvalue weighted by Crippen LogP contribution is -2.43. The van der Waals surface area contributed by atoms with E-state index in [0.717, 1.165) is 60.9 Å². The van der Waals surface area contributed by atoms with Gasteiger partial charge in [-0.3, -0.25) is 9.80 Å². The van der Waals surface area contributed by atoms with Crippen molar-refractivity contribution in [3.05, 3.63) is 83.6 Å². The molecule has 57 heavy (non-hydrogen) atoms. The van der Waals surface area contributed by atoms with E-state index in [9.17, 15) is 9.59 Å². The lowest BCUT2D eigenvalue weighted by molar-refractivity contribution is 0.00615. The van der Waals surface area contributed by atoms with Gasteiger partial charge in [-0.05, 0) is 138 Å². The minimum absolute atomic E-state index is 0.0356. The average Bonchev–Trinajstić information content (AvgIpc) is 3.78. The number of aromatic nitrogens is 4. The zero-order valence-corrected chi connectivity index (χ0v) is 33.2. The highest BCUT2D eigenvalue weighted by molar-refractivity contribution is 5.87. The molecule has 12 heteroatoms. The SMILES string of the molecule is CC(C)(C)OC(=O)N1CC2(CC2)C[C@H]1c1ncc(-c2ccc3c(c2)C(F)(F)c2cc(-c4ccc5nc([C@@H]6[C@H]7CCC(C7)N6C(=O)OC(C)(C)C)[nH]c5c4)ccc2-3)[nH]1. The fraction of sp³-hybridized carbons (Fsp3) is 0.467. The highest BCUT2D eigenvalue weighted by atomic mass is 19.3. The van der Waals surface area contributed by atoms with Crippen LogP contribution in [0.4, 0.5) is 18.4 Å². The zero-order valence-electron chi connectivity index (χ0n) is 33.2. The van der Waals surface area contributed by atoms with Gasteiger partial charge < -0.3 is 19.4 Å². The van der Waals surface area contributed by atoms with Crippen LogP contribution in [0.2, 0.25) is 0 Å². The maximum atomic E-state index is 16.5. The highest BCUT2D eigenvalue weighted by Gasteiger charge is 2.55. The summed E-state index contributed by atoms with van der Waals surface area (Å²) in [5.41, 5.74) is 4.02. The number of carbonyl (C=O) groups is 2. The molecule has 10 rings (SSSR count). The number of carbonyl (C=O) groups excluding carboxylic acids is 2. The summed E-state index contributed by atoms with van der Waals surface area (Å²) in [5.74, 6) is -1.56. The number of alkyl halides is 2. The maximum absolute atomic E-state index is 16.5. The molecule has 2 aliphatic heterocycles. The fourth-order valence-corrected chi connectivity index (χ4v) is 9.84. The molecule has 3 aliphatic carbocycles. The van der Waals surface area contributed by atoms with Crippen molar-refractivity contribution in [2.75, 3.05) is 6.54 Å². The van der Waals surface area contributed by atoms with Gasteiger partial charge in [0, 0.05) is 29.3 Å². The van der Waals surface area contributed by atoms with Crippen LogP contribution in [0.25, 0.3) is 44.5 Å². The van der Waals surface area contributed by atoms with Gasteiger partial charge in [-0.25, -0.2) is 19.6 Å². The second kappa shape index (κ2) is 12.1. The van der Waals surface area contributed by atoms with E-state index in [1.807, 2.05) is 76.8 Å². The number of amides is 2. The summed E-state index contributed by atoms with van der Waals surface area (Å²) in [6.45, 7) is 11.8. The van der Waals surface area contributed by atoms with Gasteiger partial charge in [0.05, 0.1) is 35.0 Å². The Hall–Kier alpha value is -5.26. The summed E-state index contributed by atoms with van der Waals surface area (Å²) in [4.78, 5) is 46.6. The van der Waals surface area contributed by atoms with Gasteiger partial charge >= 0.3 is 12.2 Å². The van der Waals surface area contributed by atoms with Crippen LogP contribution in [0.3, 0.4) is 0 Å². The molecule has 296 valence electrons. The molecule has 2 amide bonds. The van der Waals surface area contributed by atoms with Gasteiger partial charge in [0.15, 0.2) is 0 Å². The van der Waals surface area contributed by atoms with Crippen LogP contribution in [0, 0.1) is 11.3 Å². The second-order valence-electron chi connectivity index (χ2n) is 19.0. The Labute approximate surface area is 330 Å². The van der Waals surface area contributed by atoms with Crippen LogP contribution < -0.4 is 0 Å². The molecule has 2 aromatic heterocycles. The molecule has 0 radical (unpaired) electrons. The van der Waals surface area contributed by atoms with Crippen LogP contribution in [-0.4, -0.2) is 65.7 Å². The lowest BCUT2D eigenvalue weighted by Gasteiger charge is -2.35. The smallest absolute Gasteiger partial charge is 0.411 e. The number of fused-ring (bicyclic) bond motifs is 6. The van der Waals surface area contributed by atoms with Crippen molar-refractivity contribution in [3.8, 4) is 33.5 Å². The van der Waals surface area contributed by atoms with Gasteiger partial charge in [-0.1, -0.05) is 30.3 Å². The van der Waals surface area contributed by atoms with Crippen LogP contribution in [0.15, 0.2) is 60.8 Å². The highest BCUT2D eigenvalue weighted by Crippen LogP contribution is 2.59. The summed E-state index contributed by atoms with van der Waals surface area (Å²) in [6.07, 6.45) is 6.83. The van der Waals surface area contributed by atoms with Crippen LogP contribution in [0.5, 0.6) is 0 Å². The topological polar surface area (TPSA) is 116 Å². The molecule has 2 N–H and O–H groups in total. The minimum Gasteiger partial charge on any atom is -0.444 e. The van der Waals surface area contributed by atoms with Crippen molar-refractivity contribution >= 4 is 23.2 Å². The molecule has 5 aromatic rings. The largest absolute Gasteiger partial charge is 0.444 e. The first-order chi connectivity index (χ1) is 27.0. The van der Waals surface area contributed by atoms with Gasteiger partial charge in [0.25, 0.3) is 5.92 Å². The first kappa shape index (κ1) is 36.1. The molecule has 4 fully saturated rings. The number of benzene rings is 3. The molecular formula is C45H48F2N6O4. The number of imidazole rings is 2. The second-order valence-corrected chi connectivity index (χ2v) is 19.0. The molecular weight excluding hydrogens is 727 g/mol. The monoisotopic (exact) mass is 774 g/mol. The Bertz CT molecular complexity index is 2470. The fourth-order valence-electron chi connectivity index (χ4n) is 9.84. The van der Waals surface area contributed by atoms with Crippen molar-refractivity contribution in [3.63, 3.8) is 0 Å². The van der Waals surface area contributed by atoms with E-state index in [1.165, 1.54) is 0 Å². The minimum atomic E-state index is -3.23.